The first-order valence-corrected chi connectivity index (χ1v) is 5.87. The van der Waals surface area contributed by atoms with Crippen molar-refractivity contribution < 1.29 is 9.90 Å². The number of phenolic OH excluding ortho intramolecular Hbond substituents is 1. The Morgan fingerprint density at radius 1 is 1.05 bits per heavy atom. The molecule has 0 bridgehead atoms. The second-order valence-electron chi connectivity index (χ2n) is 4.35. The van der Waals surface area contributed by atoms with Crippen LogP contribution < -0.4 is 0 Å². The number of hydrogen-bond acceptors (Lipinski definition) is 4. The van der Waals surface area contributed by atoms with Crippen molar-refractivity contribution in [2.75, 3.05) is 0 Å². The zero-order chi connectivity index (χ0) is 13.8. The van der Waals surface area contributed by atoms with E-state index in [9.17, 15) is 9.90 Å². The number of benzene rings is 2. The molecule has 0 spiro atoms. The number of nitrogens with zero attached hydrogens (tertiary/aromatic N) is 2. The van der Waals surface area contributed by atoms with Gasteiger partial charge in [-0.2, -0.15) is 10.2 Å². The summed E-state index contributed by atoms with van der Waals surface area (Å²) in [7, 11) is 0. The summed E-state index contributed by atoms with van der Waals surface area (Å²) in [5, 5.41) is 17.7. The number of aromatic hydroxyl groups is 1. The molecule has 0 fully saturated rings. The Morgan fingerprint density at radius 3 is 2.47 bits per heavy atom. The second kappa shape index (κ2) is 5.44. The van der Waals surface area contributed by atoms with Gasteiger partial charge in [-0.1, -0.05) is 17.7 Å². The number of aldehydes is 1. The molecule has 96 valence electrons. The fourth-order valence-corrected chi connectivity index (χ4v) is 1.72. The maximum atomic E-state index is 10.6. The Hall–Kier alpha value is -2.49. The quantitative estimate of drug-likeness (QED) is 0.657. The van der Waals surface area contributed by atoms with Crippen molar-refractivity contribution in [2.24, 2.45) is 10.2 Å². The number of rotatable bonds is 3. The van der Waals surface area contributed by atoms with Crippen molar-refractivity contribution in [3.63, 3.8) is 0 Å². The summed E-state index contributed by atoms with van der Waals surface area (Å²) in [6.45, 7) is 3.98. The van der Waals surface area contributed by atoms with E-state index in [4.69, 9.17) is 0 Å². The normalized spacial score (nSPS) is 10.8. The molecule has 4 heteroatoms. The molecular formula is C15H14N2O2. The minimum Gasteiger partial charge on any atom is -0.507 e. The van der Waals surface area contributed by atoms with Gasteiger partial charge in [0, 0.05) is 6.07 Å². The predicted octanol–water partition coefficient (Wildman–Crippen LogP) is 4.24. The molecule has 0 aliphatic carbocycles. The van der Waals surface area contributed by atoms with Crippen LogP contribution >= 0.6 is 0 Å². The van der Waals surface area contributed by atoms with Gasteiger partial charge in [0.05, 0.1) is 16.9 Å². The molecule has 0 saturated heterocycles. The number of phenols is 1. The van der Waals surface area contributed by atoms with Crippen molar-refractivity contribution in [3.05, 3.63) is 53.1 Å². The van der Waals surface area contributed by atoms with Crippen LogP contribution in [-0.2, 0) is 0 Å². The molecular weight excluding hydrogens is 240 g/mol. The number of hydrogen-bond donors (Lipinski definition) is 1. The molecule has 0 saturated carbocycles. The van der Waals surface area contributed by atoms with E-state index in [1.54, 1.807) is 6.07 Å². The van der Waals surface area contributed by atoms with E-state index < -0.39 is 0 Å². The summed E-state index contributed by atoms with van der Waals surface area (Å²) in [5.41, 5.74) is 3.74. The van der Waals surface area contributed by atoms with E-state index in [1.807, 2.05) is 32.0 Å². The first kappa shape index (κ1) is 13.0. The molecule has 2 rings (SSSR count). The zero-order valence-corrected chi connectivity index (χ0v) is 10.8. The van der Waals surface area contributed by atoms with Crippen molar-refractivity contribution in [1.29, 1.82) is 0 Å². The Kier molecular flexibility index (Phi) is 3.71. The van der Waals surface area contributed by atoms with Gasteiger partial charge in [-0.05, 0) is 37.6 Å². The van der Waals surface area contributed by atoms with Gasteiger partial charge in [0.1, 0.15) is 5.75 Å². The van der Waals surface area contributed by atoms with Crippen LogP contribution in [0.5, 0.6) is 5.75 Å². The first-order valence-electron chi connectivity index (χ1n) is 5.87. The molecule has 0 radical (unpaired) electrons. The van der Waals surface area contributed by atoms with Gasteiger partial charge < -0.3 is 5.11 Å². The fraction of sp³-hybridized carbons (Fsp3) is 0.133. The smallest absolute Gasteiger partial charge is 0.153 e. The van der Waals surface area contributed by atoms with Gasteiger partial charge in [-0.3, -0.25) is 4.79 Å². The summed E-state index contributed by atoms with van der Waals surface area (Å²) in [6.07, 6.45) is 0.598. The van der Waals surface area contributed by atoms with Gasteiger partial charge >= 0.3 is 0 Å². The molecule has 0 aromatic heterocycles. The maximum Gasteiger partial charge on any atom is 0.153 e. The summed E-state index contributed by atoms with van der Waals surface area (Å²) in [4.78, 5) is 10.6. The monoisotopic (exact) mass is 254 g/mol. The van der Waals surface area contributed by atoms with Crippen molar-refractivity contribution in [1.82, 2.24) is 0 Å². The highest BCUT2D eigenvalue weighted by Crippen LogP contribution is 2.26. The zero-order valence-electron chi connectivity index (χ0n) is 10.8. The maximum absolute atomic E-state index is 10.6. The highest BCUT2D eigenvalue weighted by molar-refractivity contribution is 5.80. The third-order valence-electron chi connectivity index (χ3n) is 2.77. The van der Waals surface area contributed by atoms with Crippen LogP contribution in [0, 0.1) is 13.8 Å². The summed E-state index contributed by atoms with van der Waals surface area (Å²) in [6, 6.07) is 10.5. The van der Waals surface area contributed by atoms with Gasteiger partial charge in [-0.25, -0.2) is 0 Å². The van der Waals surface area contributed by atoms with E-state index in [1.165, 1.54) is 17.7 Å². The molecule has 2 aromatic carbocycles. The standard InChI is InChI=1S/C15H14N2O2/c1-10-3-6-14(11(2)7-10)17-16-13-5-4-12(9-18)15(19)8-13/h3-9,19H,1-2H3. The number of carbonyl (C=O) groups is 1. The molecule has 4 nitrogen and oxygen atoms in total. The van der Waals surface area contributed by atoms with Crippen LogP contribution in [0.4, 0.5) is 11.4 Å². The summed E-state index contributed by atoms with van der Waals surface area (Å²) in [5.74, 6) is -0.0907. The lowest BCUT2D eigenvalue weighted by molar-refractivity contribution is 0.112. The Labute approximate surface area is 111 Å². The van der Waals surface area contributed by atoms with E-state index in [-0.39, 0.29) is 11.3 Å². The largest absolute Gasteiger partial charge is 0.507 e. The minimum atomic E-state index is -0.0907. The van der Waals surface area contributed by atoms with Crippen LogP contribution in [0.25, 0.3) is 0 Å². The Bertz CT molecular complexity index is 649. The summed E-state index contributed by atoms with van der Waals surface area (Å²) >= 11 is 0. The Morgan fingerprint density at radius 2 is 1.84 bits per heavy atom. The number of carbonyl (C=O) groups excluding carboxylic acids is 1. The van der Waals surface area contributed by atoms with Gasteiger partial charge in [-0.15, -0.1) is 0 Å². The molecule has 0 unspecified atom stereocenters. The van der Waals surface area contributed by atoms with Gasteiger partial charge in [0.25, 0.3) is 0 Å². The van der Waals surface area contributed by atoms with E-state index >= 15 is 0 Å². The van der Waals surface area contributed by atoms with Gasteiger partial charge in [0.2, 0.25) is 0 Å². The third-order valence-corrected chi connectivity index (χ3v) is 2.77. The van der Waals surface area contributed by atoms with Crippen LogP contribution in [-0.4, -0.2) is 11.4 Å². The number of aryl methyl sites for hydroxylation is 2. The van der Waals surface area contributed by atoms with Crippen LogP contribution in [0.3, 0.4) is 0 Å². The van der Waals surface area contributed by atoms with Crippen LogP contribution in [0.2, 0.25) is 0 Å². The van der Waals surface area contributed by atoms with Crippen LogP contribution in [0.1, 0.15) is 21.5 Å². The molecule has 0 amide bonds. The number of azo groups is 1. The minimum absolute atomic E-state index is 0.0907. The highest BCUT2D eigenvalue weighted by atomic mass is 16.3. The van der Waals surface area contributed by atoms with Crippen molar-refractivity contribution in [3.8, 4) is 5.75 Å². The lowest BCUT2D eigenvalue weighted by Crippen LogP contribution is -1.79. The lowest BCUT2D eigenvalue weighted by Gasteiger charge is -2.01. The second-order valence-corrected chi connectivity index (χ2v) is 4.35. The fourth-order valence-electron chi connectivity index (χ4n) is 1.72. The summed E-state index contributed by atoms with van der Waals surface area (Å²) < 4.78 is 0. The molecule has 19 heavy (non-hydrogen) atoms. The molecule has 0 atom stereocenters. The van der Waals surface area contributed by atoms with E-state index in [0.29, 0.717) is 12.0 Å². The first-order chi connectivity index (χ1) is 9.10. The highest BCUT2D eigenvalue weighted by Gasteiger charge is 2.01. The van der Waals surface area contributed by atoms with Crippen LogP contribution in [0.15, 0.2) is 46.6 Å². The van der Waals surface area contributed by atoms with E-state index in [0.717, 1.165) is 11.3 Å². The SMILES string of the molecule is Cc1ccc(N=Nc2ccc(C=O)c(O)c2)c(C)c1. The average molecular weight is 254 g/mol. The van der Waals surface area contributed by atoms with E-state index in [2.05, 4.69) is 10.2 Å². The molecule has 0 heterocycles. The van der Waals surface area contributed by atoms with Crippen molar-refractivity contribution in [2.45, 2.75) is 13.8 Å². The topological polar surface area (TPSA) is 62.0 Å². The third kappa shape index (κ3) is 3.04. The van der Waals surface area contributed by atoms with Crippen molar-refractivity contribution >= 4 is 17.7 Å². The lowest BCUT2D eigenvalue weighted by atomic mass is 10.1. The molecule has 2 aromatic rings. The van der Waals surface area contributed by atoms with Gasteiger partial charge in [0.15, 0.2) is 6.29 Å². The average Bonchev–Trinajstić information content (AvgIpc) is 2.38. The molecule has 1 N–H and O–H groups in total. The molecule has 0 aliphatic heterocycles. The predicted molar refractivity (Wildman–Crippen MR) is 73.6 cm³/mol. The molecule has 0 aliphatic rings. The Balaban J connectivity index is 2.27.